The van der Waals surface area contributed by atoms with E-state index in [0.717, 1.165) is 5.56 Å². The second kappa shape index (κ2) is 6.92. The molecule has 0 saturated carbocycles. The molecule has 2 heterocycles. The fraction of sp³-hybridized carbons (Fsp3) is 0.316. The minimum Gasteiger partial charge on any atom is -0.506 e. The lowest BCUT2D eigenvalue weighted by Gasteiger charge is -2.20. The number of anilines is 1. The fourth-order valence-electron chi connectivity index (χ4n) is 2.59. The van der Waals surface area contributed by atoms with E-state index in [1.165, 1.54) is 22.2 Å². The fourth-order valence-corrected chi connectivity index (χ4v) is 3.31. The highest BCUT2D eigenvalue weighted by molar-refractivity contribution is 7.16. The number of hydrogen-bond donors (Lipinski definition) is 2. The number of aromatic hydroxyl groups is 1. The summed E-state index contributed by atoms with van der Waals surface area (Å²) in [6.07, 6.45) is 1.57. The van der Waals surface area contributed by atoms with Crippen molar-refractivity contribution >= 4 is 33.1 Å². The first-order valence-electron chi connectivity index (χ1n) is 8.32. The number of nitrogens with one attached hydrogen (secondary N) is 1. The lowest BCUT2D eigenvalue weighted by molar-refractivity contribution is -0.116. The van der Waals surface area contributed by atoms with Crippen molar-refractivity contribution in [3.05, 3.63) is 51.9 Å². The number of rotatable bonds is 4. The van der Waals surface area contributed by atoms with Gasteiger partial charge in [-0.25, -0.2) is 4.98 Å². The van der Waals surface area contributed by atoms with Crippen LogP contribution < -0.4 is 10.9 Å². The van der Waals surface area contributed by atoms with Crippen molar-refractivity contribution in [3.8, 4) is 5.75 Å². The largest absolute Gasteiger partial charge is 0.506 e. The zero-order chi connectivity index (χ0) is 18.9. The van der Waals surface area contributed by atoms with Gasteiger partial charge in [0.2, 0.25) is 5.91 Å². The molecule has 6 nitrogen and oxygen atoms in total. The summed E-state index contributed by atoms with van der Waals surface area (Å²) in [6.45, 7) is 6.41. The molecule has 1 amide bonds. The number of thiophene rings is 1. The molecule has 0 spiro atoms. The first kappa shape index (κ1) is 18.1. The summed E-state index contributed by atoms with van der Waals surface area (Å²) in [4.78, 5) is 29.5. The Labute approximate surface area is 155 Å². The van der Waals surface area contributed by atoms with Crippen molar-refractivity contribution in [2.45, 2.75) is 39.2 Å². The van der Waals surface area contributed by atoms with Crippen LogP contribution in [0.4, 0.5) is 5.69 Å². The van der Waals surface area contributed by atoms with E-state index in [1.807, 2.05) is 11.4 Å². The molecule has 0 aliphatic heterocycles. The average molecular weight is 371 g/mol. The molecule has 0 atom stereocenters. The molecule has 2 N–H and O–H groups in total. The SMILES string of the molecule is CC(C)(C)c1ccc(O)c(NC(=O)CCn2cnc3sccc3c2=O)c1. The van der Waals surface area contributed by atoms with Gasteiger partial charge in [0.05, 0.1) is 17.4 Å². The van der Waals surface area contributed by atoms with Crippen molar-refractivity contribution in [2.75, 3.05) is 5.32 Å². The van der Waals surface area contributed by atoms with Crippen molar-refractivity contribution in [1.29, 1.82) is 0 Å². The van der Waals surface area contributed by atoms with Crippen LogP contribution in [0.5, 0.6) is 5.75 Å². The lowest BCUT2D eigenvalue weighted by Crippen LogP contribution is -2.23. The van der Waals surface area contributed by atoms with E-state index in [4.69, 9.17) is 0 Å². The number of carbonyl (C=O) groups is 1. The van der Waals surface area contributed by atoms with Crippen LogP contribution in [0.1, 0.15) is 32.8 Å². The highest BCUT2D eigenvalue weighted by Crippen LogP contribution is 2.30. The minimum absolute atomic E-state index is 0.0184. The van der Waals surface area contributed by atoms with Gasteiger partial charge in [0, 0.05) is 13.0 Å². The lowest BCUT2D eigenvalue weighted by atomic mass is 9.87. The van der Waals surface area contributed by atoms with Gasteiger partial charge in [-0.1, -0.05) is 26.8 Å². The molecule has 0 fully saturated rings. The third-order valence-corrected chi connectivity index (χ3v) is 4.99. The summed E-state index contributed by atoms with van der Waals surface area (Å²) < 4.78 is 1.43. The van der Waals surface area contributed by atoms with Crippen LogP contribution >= 0.6 is 11.3 Å². The molecule has 136 valence electrons. The second-order valence-electron chi connectivity index (χ2n) is 7.16. The monoisotopic (exact) mass is 371 g/mol. The first-order valence-corrected chi connectivity index (χ1v) is 9.19. The number of phenolic OH excluding ortho intramolecular Hbond substituents is 1. The van der Waals surface area contributed by atoms with Crippen LogP contribution in [0, 0.1) is 0 Å². The zero-order valence-corrected chi connectivity index (χ0v) is 15.8. The van der Waals surface area contributed by atoms with E-state index in [2.05, 4.69) is 31.1 Å². The highest BCUT2D eigenvalue weighted by atomic mass is 32.1. The van der Waals surface area contributed by atoms with Gasteiger partial charge in [-0.3, -0.25) is 14.2 Å². The summed E-state index contributed by atoms with van der Waals surface area (Å²) in [5.41, 5.74) is 1.14. The quantitative estimate of drug-likeness (QED) is 0.688. The number of benzene rings is 1. The maximum absolute atomic E-state index is 12.3. The number of aromatic nitrogens is 2. The van der Waals surface area contributed by atoms with Crippen molar-refractivity contribution in [1.82, 2.24) is 9.55 Å². The Morgan fingerprint density at radius 3 is 2.81 bits per heavy atom. The van der Waals surface area contributed by atoms with Gasteiger partial charge in [-0.15, -0.1) is 11.3 Å². The van der Waals surface area contributed by atoms with Gasteiger partial charge in [0.25, 0.3) is 5.56 Å². The van der Waals surface area contributed by atoms with E-state index in [1.54, 1.807) is 18.2 Å². The van der Waals surface area contributed by atoms with Crippen LogP contribution in [0.3, 0.4) is 0 Å². The molecular weight excluding hydrogens is 350 g/mol. The maximum Gasteiger partial charge on any atom is 0.262 e. The smallest absolute Gasteiger partial charge is 0.262 e. The van der Waals surface area contributed by atoms with E-state index < -0.39 is 0 Å². The van der Waals surface area contributed by atoms with Crippen molar-refractivity contribution in [2.24, 2.45) is 0 Å². The van der Waals surface area contributed by atoms with E-state index in [9.17, 15) is 14.7 Å². The summed E-state index contributed by atoms with van der Waals surface area (Å²) in [7, 11) is 0. The number of amides is 1. The molecule has 7 heteroatoms. The molecule has 2 aromatic heterocycles. The third-order valence-electron chi connectivity index (χ3n) is 4.17. The Morgan fingerprint density at radius 2 is 2.08 bits per heavy atom. The van der Waals surface area contributed by atoms with E-state index in [-0.39, 0.29) is 35.6 Å². The van der Waals surface area contributed by atoms with E-state index in [0.29, 0.717) is 15.9 Å². The standard InChI is InChI=1S/C19H21N3O3S/c1-19(2,3)12-4-5-15(23)14(10-12)21-16(24)6-8-22-11-20-17-13(18(22)25)7-9-26-17/h4-5,7,9-11,23H,6,8H2,1-3H3,(H,21,24). The van der Waals surface area contributed by atoms with Crippen molar-refractivity contribution in [3.63, 3.8) is 0 Å². The van der Waals surface area contributed by atoms with Crippen molar-refractivity contribution < 1.29 is 9.90 Å². The van der Waals surface area contributed by atoms with Gasteiger partial charge in [0.15, 0.2) is 0 Å². The zero-order valence-electron chi connectivity index (χ0n) is 14.9. The average Bonchev–Trinajstić information content (AvgIpc) is 3.05. The molecule has 0 radical (unpaired) electrons. The number of fused-ring (bicyclic) bond motifs is 1. The van der Waals surface area contributed by atoms with E-state index >= 15 is 0 Å². The molecule has 3 rings (SSSR count). The molecule has 3 aromatic rings. The summed E-state index contributed by atoms with van der Waals surface area (Å²) >= 11 is 1.41. The van der Waals surface area contributed by atoms with Gasteiger partial charge in [0.1, 0.15) is 10.6 Å². The molecule has 0 bridgehead atoms. The number of nitrogens with zero attached hydrogens (tertiary/aromatic N) is 2. The second-order valence-corrected chi connectivity index (χ2v) is 8.06. The predicted molar refractivity (Wildman–Crippen MR) is 104 cm³/mol. The Kier molecular flexibility index (Phi) is 4.82. The molecule has 0 aliphatic carbocycles. The molecule has 26 heavy (non-hydrogen) atoms. The van der Waals surface area contributed by atoms with Gasteiger partial charge >= 0.3 is 0 Å². The van der Waals surface area contributed by atoms with Crippen LogP contribution in [-0.4, -0.2) is 20.6 Å². The first-order chi connectivity index (χ1) is 12.3. The van der Waals surface area contributed by atoms with Gasteiger partial charge in [-0.2, -0.15) is 0 Å². The number of carbonyl (C=O) groups excluding carboxylic acids is 1. The number of aryl methyl sites for hydroxylation is 1. The molecular formula is C19H21N3O3S. The maximum atomic E-state index is 12.3. The molecule has 1 aromatic carbocycles. The summed E-state index contributed by atoms with van der Waals surface area (Å²) in [6, 6.07) is 6.93. The molecule has 0 aliphatic rings. The topological polar surface area (TPSA) is 84.2 Å². The Balaban J connectivity index is 1.71. The van der Waals surface area contributed by atoms with Crippen LogP contribution in [0.2, 0.25) is 0 Å². The highest BCUT2D eigenvalue weighted by Gasteiger charge is 2.16. The number of hydrogen-bond acceptors (Lipinski definition) is 5. The Bertz CT molecular complexity index is 1010. The normalized spacial score (nSPS) is 11.7. The summed E-state index contributed by atoms with van der Waals surface area (Å²) in [5.74, 6) is -0.256. The van der Waals surface area contributed by atoms with Crippen LogP contribution in [0.25, 0.3) is 10.2 Å². The molecule has 0 unspecified atom stereocenters. The summed E-state index contributed by atoms with van der Waals surface area (Å²) in [5, 5.41) is 15.1. The third kappa shape index (κ3) is 3.77. The molecule has 0 saturated heterocycles. The Morgan fingerprint density at radius 1 is 1.31 bits per heavy atom. The predicted octanol–water partition coefficient (Wildman–Crippen LogP) is 3.49. The van der Waals surface area contributed by atoms with Crippen LogP contribution in [-0.2, 0) is 16.8 Å². The number of phenols is 1. The minimum atomic E-state index is -0.274. The van der Waals surface area contributed by atoms with Gasteiger partial charge < -0.3 is 10.4 Å². The van der Waals surface area contributed by atoms with Crippen LogP contribution in [0.15, 0.2) is 40.8 Å². The Hall–Kier alpha value is -2.67. The van der Waals surface area contributed by atoms with Gasteiger partial charge in [-0.05, 0) is 34.6 Å².